The Bertz CT molecular complexity index is 824. The summed E-state index contributed by atoms with van der Waals surface area (Å²) in [6, 6.07) is 19.5. The molecule has 0 spiro atoms. The number of hydrogen-bond acceptors (Lipinski definition) is 1. The Morgan fingerprint density at radius 2 is 1.60 bits per heavy atom. The fraction of sp³-hybridized carbons (Fsp3) is 0.105. The van der Waals surface area contributed by atoms with Crippen molar-refractivity contribution in [2.75, 3.05) is 0 Å². The van der Waals surface area contributed by atoms with Crippen LogP contribution in [0.3, 0.4) is 0 Å². The van der Waals surface area contributed by atoms with E-state index in [1.807, 2.05) is 67.6 Å². The molecule has 3 aromatic rings. The molecule has 1 aromatic heterocycles. The van der Waals surface area contributed by atoms with Crippen LogP contribution in [0, 0.1) is 13.8 Å². The highest BCUT2D eigenvalue weighted by Gasteiger charge is 2.07. The van der Waals surface area contributed by atoms with E-state index >= 15 is 0 Å². The second-order valence-electron chi connectivity index (χ2n) is 4.80. The molecule has 0 unspecified atom stereocenters. The summed E-state index contributed by atoms with van der Waals surface area (Å²) in [5.74, 6) is 0. The van der Waals surface area contributed by atoms with Crippen LogP contribution in [-0.2, 0) is 0 Å². The van der Waals surface area contributed by atoms with Gasteiger partial charge >= 0.3 is 0 Å². The summed E-state index contributed by atoms with van der Waals surface area (Å²) < 4.78 is 23.4. The van der Waals surface area contributed by atoms with Crippen molar-refractivity contribution in [1.29, 1.82) is 0 Å². The van der Waals surface area contributed by atoms with Crippen molar-refractivity contribution >= 4 is 0 Å². The van der Waals surface area contributed by atoms with E-state index < -0.39 is 6.85 Å². The third-order valence-corrected chi connectivity index (χ3v) is 3.41. The maximum atomic E-state index is 7.80. The third kappa shape index (κ3) is 2.35. The maximum Gasteiger partial charge on any atom is 0.0708 e. The van der Waals surface area contributed by atoms with Crippen molar-refractivity contribution < 1.29 is 4.11 Å². The molecular weight excluding hydrogens is 242 g/mol. The zero-order valence-corrected chi connectivity index (χ0v) is 11.3. The maximum absolute atomic E-state index is 7.80. The monoisotopic (exact) mass is 262 g/mol. The topological polar surface area (TPSA) is 12.9 Å². The van der Waals surface area contributed by atoms with Gasteiger partial charge in [-0.15, -0.1) is 0 Å². The Labute approximate surface area is 124 Å². The van der Waals surface area contributed by atoms with Crippen molar-refractivity contribution in [3.05, 3.63) is 78.0 Å². The van der Waals surface area contributed by atoms with E-state index in [-0.39, 0.29) is 5.56 Å². The van der Waals surface area contributed by atoms with Crippen LogP contribution in [0.2, 0.25) is 0 Å². The molecule has 20 heavy (non-hydrogen) atoms. The van der Waals surface area contributed by atoms with Gasteiger partial charge in [0.15, 0.2) is 0 Å². The highest BCUT2D eigenvalue weighted by Crippen LogP contribution is 2.29. The minimum Gasteiger partial charge on any atom is -0.256 e. The van der Waals surface area contributed by atoms with Gasteiger partial charge in [0.2, 0.25) is 0 Å². The van der Waals surface area contributed by atoms with Gasteiger partial charge in [0, 0.05) is 15.9 Å². The van der Waals surface area contributed by atoms with Crippen molar-refractivity contribution in [1.82, 2.24) is 4.98 Å². The minimum atomic E-state index is -2.19. The first kappa shape index (κ1) is 9.49. The quantitative estimate of drug-likeness (QED) is 0.631. The van der Waals surface area contributed by atoms with E-state index in [1.54, 1.807) is 0 Å². The van der Waals surface area contributed by atoms with Crippen LogP contribution in [0.5, 0.6) is 0 Å². The second-order valence-corrected chi connectivity index (χ2v) is 4.80. The number of benzene rings is 2. The highest BCUT2D eigenvalue weighted by atomic mass is 14.7. The first-order chi connectivity index (χ1) is 11.0. The Kier molecular flexibility index (Phi) is 2.51. The summed E-state index contributed by atoms with van der Waals surface area (Å²) in [6.07, 6.45) is 1.48. The lowest BCUT2D eigenvalue weighted by molar-refractivity contribution is 1.26. The van der Waals surface area contributed by atoms with Crippen molar-refractivity contribution in [2.24, 2.45) is 0 Å². The minimum absolute atomic E-state index is 0.284. The zero-order valence-electron chi connectivity index (χ0n) is 14.3. The molecule has 0 fully saturated rings. The molecule has 0 bridgehead atoms. The number of aromatic nitrogens is 1. The molecule has 0 aliphatic carbocycles. The van der Waals surface area contributed by atoms with Crippen LogP contribution in [0.4, 0.5) is 0 Å². The van der Waals surface area contributed by atoms with Crippen LogP contribution in [0.15, 0.2) is 66.9 Å². The molecule has 1 nitrogen and oxygen atoms in total. The summed E-state index contributed by atoms with van der Waals surface area (Å²) in [5.41, 5.74) is 4.72. The van der Waals surface area contributed by atoms with E-state index in [2.05, 4.69) is 4.98 Å². The predicted molar refractivity (Wildman–Crippen MR) is 84.6 cm³/mol. The van der Waals surface area contributed by atoms with E-state index in [4.69, 9.17) is 4.11 Å². The third-order valence-electron chi connectivity index (χ3n) is 3.41. The van der Waals surface area contributed by atoms with Crippen LogP contribution < -0.4 is 0 Å². The van der Waals surface area contributed by atoms with Crippen molar-refractivity contribution in [2.45, 2.75) is 13.8 Å². The van der Waals surface area contributed by atoms with Gasteiger partial charge in [0.05, 0.1) is 5.69 Å². The van der Waals surface area contributed by atoms with Crippen molar-refractivity contribution in [3.8, 4) is 22.4 Å². The molecule has 2 aromatic carbocycles. The van der Waals surface area contributed by atoms with Crippen LogP contribution in [-0.4, -0.2) is 4.98 Å². The van der Waals surface area contributed by atoms with Gasteiger partial charge in [-0.2, -0.15) is 0 Å². The Hall–Kier alpha value is -2.41. The van der Waals surface area contributed by atoms with E-state index in [0.29, 0.717) is 0 Å². The number of nitrogens with zero attached hydrogens (tertiary/aromatic N) is 1. The number of rotatable bonds is 2. The number of pyridine rings is 1. The first-order valence-electron chi connectivity index (χ1n) is 8.09. The molecule has 98 valence electrons. The molecule has 3 rings (SSSR count). The van der Waals surface area contributed by atoms with Crippen LogP contribution in [0.25, 0.3) is 22.4 Å². The average Bonchev–Trinajstić information content (AvgIpc) is 2.55. The summed E-state index contributed by atoms with van der Waals surface area (Å²) in [4.78, 5) is 4.37. The molecular formula is C19H17N. The van der Waals surface area contributed by atoms with Gasteiger partial charge in [-0.3, -0.25) is 4.98 Å². The summed E-state index contributed by atoms with van der Waals surface area (Å²) in [6.45, 7) is -0.207. The largest absolute Gasteiger partial charge is 0.256 e. The molecule has 0 N–H and O–H groups in total. The Morgan fingerprint density at radius 3 is 2.35 bits per heavy atom. The summed E-state index contributed by atoms with van der Waals surface area (Å²) in [7, 11) is 0. The lowest BCUT2D eigenvalue weighted by atomic mass is 9.96. The first-order valence-corrected chi connectivity index (χ1v) is 6.59. The molecule has 0 amide bonds. The van der Waals surface area contributed by atoms with Crippen LogP contribution >= 0.6 is 0 Å². The molecule has 0 aliphatic heterocycles. The fourth-order valence-corrected chi connectivity index (χ4v) is 2.32. The highest BCUT2D eigenvalue weighted by molar-refractivity contribution is 5.74. The van der Waals surface area contributed by atoms with Gasteiger partial charge in [0.1, 0.15) is 0 Å². The van der Waals surface area contributed by atoms with E-state index in [9.17, 15) is 0 Å². The lowest BCUT2D eigenvalue weighted by Gasteiger charge is -2.11. The van der Waals surface area contributed by atoms with Gasteiger partial charge < -0.3 is 0 Å². The van der Waals surface area contributed by atoms with Gasteiger partial charge in [-0.1, -0.05) is 54.6 Å². The zero-order chi connectivity index (χ0) is 16.4. The Balaban J connectivity index is 2.24. The van der Waals surface area contributed by atoms with Gasteiger partial charge in [-0.25, -0.2) is 0 Å². The molecule has 0 aliphatic rings. The smallest absolute Gasteiger partial charge is 0.0708 e. The number of aryl methyl sites for hydroxylation is 2. The van der Waals surface area contributed by atoms with Gasteiger partial charge in [0.25, 0.3) is 0 Å². The number of hydrogen-bond donors (Lipinski definition) is 0. The van der Waals surface area contributed by atoms with E-state index in [1.165, 1.54) is 6.20 Å². The summed E-state index contributed by atoms with van der Waals surface area (Å²) in [5, 5.41) is 0. The SMILES string of the molecule is [2H]C([2H])([2H])c1cnc(-c2ccccc2)cc1-c1ccccc1C. The molecule has 0 saturated heterocycles. The Morgan fingerprint density at radius 1 is 0.850 bits per heavy atom. The summed E-state index contributed by atoms with van der Waals surface area (Å²) >= 11 is 0. The molecule has 0 radical (unpaired) electrons. The fourth-order valence-electron chi connectivity index (χ4n) is 2.32. The van der Waals surface area contributed by atoms with Crippen molar-refractivity contribution in [3.63, 3.8) is 0 Å². The normalized spacial score (nSPS) is 13.3. The molecule has 1 heterocycles. The predicted octanol–water partition coefficient (Wildman–Crippen LogP) is 5.03. The van der Waals surface area contributed by atoms with Crippen LogP contribution in [0.1, 0.15) is 15.2 Å². The standard InChI is InChI=1S/C19H17N/c1-14-8-6-7-11-17(14)18-12-19(20-13-15(18)2)16-9-4-3-5-10-16/h3-13H,1-2H3/i2D3. The molecule has 1 heteroatoms. The van der Waals surface area contributed by atoms with E-state index in [0.717, 1.165) is 27.9 Å². The molecule has 0 saturated carbocycles. The second kappa shape index (κ2) is 5.30. The van der Waals surface area contributed by atoms with Gasteiger partial charge in [-0.05, 0) is 42.1 Å². The average molecular weight is 262 g/mol. The lowest BCUT2D eigenvalue weighted by Crippen LogP contribution is -1.91. The molecule has 0 atom stereocenters.